The molecular weight excluding hydrogens is 855 g/mol. The standard InChI is InChI=1S/C45H67N9O4S3Si/c1-45(2,3)62(38-10-6-4-7-11-38,39-12-8-5-9-13-39)58-26-32-14-20-52-21-15-33(47-42(52)46-32)27-59-28-34-16-22-53-23-17-35(49-43(53)48-34)29-60-30-36-18-24-54-25-19-37(51-44(54)50-36)31-61-41(57)40(55)56/h4-13,32-37,41,57H,14-31H2,1-3H3,(H,46,47)(H,48,49)(H,50,51)(H,55,56)/t32-,33-,34-,35-,36-,37-,41?/m1/s1. The number of hydrogen-bond donors (Lipinski definition) is 5. The number of carboxylic acid groups (broad SMARTS) is 1. The van der Waals surface area contributed by atoms with Gasteiger partial charge in [0.15, 0.2) is 23.3 Å². The zero-order valence-corrected chi connectivity index (χ0v) is 40.1. The van der Waals surface area contributed by atoms with E-state index in [1.807, 2.05) is 23.5 Å². The van der Waals surface area contributed by atoms with Crippen LogP contribution in [-0.4, -0.2) is 173 Å². The van der Waals surface area contributed by atoms with E-state index in [9.17, 15) is 9.90 Å². The second kappa shape index (κ2) is 20.8. The number of fused-ring (bicyclic) bond motifs is 3. The third-order valence-corrected chi connectivity index (χ3v) is 21.7. The molecule has 2 aromatic rings. The van der Waals surface area contributed by atoms with Crippen molar-refractivity contribution in [1.29, 1.82) is 0 Å². The molecule has 6 aliphatic rings. The van der Waals surface area contributed by atoms with Crippen molar-refractivity contribution in [2.24, 2.45) is 15.0 Å². The van der Waals surface area contributed by atoms with Gasteiger partial charge in [0.1, 0.15) is 0 Å². The Morgan fingerprint density at radius 3 is 1.52 bits per heavy atom. The molecule has 13 nitrogen and oxygen atoms in total. The van der Waals surface area contributed by atoms with Crippen molar-refractivity contribution in [3.63, 3.8) is 0 Å². The Morgan fingerprint density at radius 2 is 1.06 bits per heavy atom. The van der Waals surface area contributed by atoms with Gasteiger partial charge >= 0.3 is 5.97 Å². The van der Waals surface area contributed by atoms with Crippen molar-refractivity contribution in [2.75, 3.05) is 74.6 Å². The summed E-state index contributed by atoms with van der Waals surface area (Å²) in [5, 5.41) is 32.6. The van der Waals surface area contributed by atoms with Crippen molar-refractivity contribution in [1.82, 2.24) is 30.7 Å². The van der Waals surface area contributed by atoms with Crippen LogP contribution in [0, 0.1) is 0 Å². The van der Waals surface area contributed by atoms with Gasteiger partial charge in [-0.1, -0.05) is 81.4 Å². The number of carboxylic acids is 1. The summed E-state index contributed by atoms with van der Waals surface area (Å²) in [6.45, 7) is 13.8. The molecule has 3 fully saturated rings. The van der Waals surface area contributed by atoms with Gasteiger partial charge in [-0.25, -0.2) is 19.8 Å². The molecule has 17 heteroatoms. The van der Waals surface area contributed by atoms with Crippen LogP contribution in [0.2, 0.25) is 5.04 Å². The largest absolute Gasteiger partial charge is 0.479 e. The second-order valence-electron chi connectivity index (χ2n) is 18.6. The zero-order valence-electron chi connectivity index (χ0n) is 36.7. The minimum absolute atomic E-state index is 0.0241. The first-order valence-electron chi connectivity index (χ1n) is 22.7. The Hall–Kier alpha value is -3.09. The van der Waals surface area contributed by atoms with Crippen molar-refractivity contribution in [3.8, 4) is 0 Å². The summed E-state index contributed by atoms with van der Waals surface area (Å²) in [6.07, 6.45) is 6.35. The van der Waals surface area contributed by atoms with E-state index < -0.39 is 19.7 Å². The molecule has 2 aromatic carbocycles. The molecule has 0 spiro atoms. The molecule has 0 aliphatic carbocycles. The van der Waals surface area contributed by atoms with Gasteiger partial charge < -0.3 is 45.3 Å². The molecule has 3 saturated heterocycles. The molecule has 0 aromatic heterocycles. The second-order valence-corrected chi connectivity index (χ2v) is 26.2. The van der Waals surface area contributed by atoms with Crippen molar-refractivity contribution in [2.45, 2.75) is 106 Å². The molecule has 0 radical (unpaired) electrons. The highest BCUT2D eigenvalue weighted by atomic mass is 32.2. The zero-order chi connectivity index (χ0) is 43.1. The average Bonchev–Trinajstić information content (AvgIpc) is 3.28. The SMILES string of the molecule is CC(C)(C)[Si](OC[C@H]1CCN2CC[C@H](CSC[C@H]3CCN4CC[C@H](CSC[C@H]5CCN6CC[C@H](CSC(O)C(=O)O)N=C6N5)NC4=N3)NC2=N1)(c1ccccc1)c1ccccc1. The molecular formula is C45H67N9O4S3Si. The first-order chi connectivity index (χ1) is 30.0. The number of thioether (sulfide) groups is 3. The van der Waals surface area contributed by atoms with Gasteiger partial charge in [-0.3, -0.25) is 0 Å². The Morgan fingerprint density at radius 1 is 0.661 bits per heavy atom. The lowest BCUT2D eigenvalue weighted by Gasteiger charge is -2.44. The van der Waals surface area contributed by atoms with Crippen LogP contribution in [-0.2, 0) is 9.22 Å². The average molecular weight is 922 g/mol. The number of guanidine groups is 3. The van der Waals surface area contributed by atoms with Crippen LogP contribution >= 0.6 is 35.3 Å². The highest BCUT2D eigenvalue weighted by molar-refractivity contribution is 8.00. The lowest BCUT2D eigenvalue weighted by atomic mass is 10.1. The minimum Gasteiger partial charge on any atom is -0.479 e. The molecule has 1 unspecified atom stereocenters. The van der Waals surface area contributed by atoms with E-state index in [0.717, 1.165) is 130 Å². The fourth-order valence-electron chi connectivity index (χ4n) is 9.62. The van der Waals surface area contributed by atoms with E-state index in [1.165, 1.54) is 10.4 Å². The number of aliphatic hydroxyl groups excluding tert-OH is 1. The van der Waals surface area contributed by atoms with Crippen LogP contribution < -0.4 is 26.3 Å². The van der Waals surface area contributed by atoms with Gasteiger partial charge in [-0.15, -0.1) is 11.8 Å². The van der Waals surface area contributed by atoms with Gasteiger partial charge in [-0.2, -0.15) is 23.5 Å². The molecule has 8 rings (SSSR count). The summed E-state index contributed by atoms with van der Waals surface area (Å²) in [7, 11) is -2.62. The summed E-state index contributed by atoms with van der Waals surface area (Å²) < 4.78 is 7.30. The predicted molar refractivity (Wildman–Crippen MR) is 261 cm³/mol. The van der Waals surface area contributed by atoms with Gasteiger partial charge in [0.05, 0.1) is 24.7 Å². The van der Waals surface area contributed by atoms with Crippen molar-refractivity contribution < 1.29 is 19.4 Å². The lowest BCUT2D eigenvalue weighted by Crippen LogP contribution is -2.67. The highest BCUT2D eigenvalue weighted by Crippen LogP contribution is 2.37. The van der Waals surface area contributed by atoms with Crippen LogP contribution in [0.5, 0.6) is 0 Å². The smallest absolute Gasteiger partial charge is 0.343 e. The number of rotatable bonds is 17. The van der Waals surface area contributed by atoms with Crippen LogP contribution in [0.15, 0.2) is 75.6 Å². The maximum absolute atomic E-state index is 11.0. The molecule has 6 aliphatic heterocycles. The highest BCUT2D eigenvalue weighted by Gasteiger charge is 2.50. The number of aliphatic carboxylic acids is 1. The molecule has 7 atom stereocenters. The number of hydrogen-bond acceptors (Lipinski definition) is 15. The van der Waals surface area contributed by atoms with Crippen molar-refractivity contribution >= 4 is 77.8 Å². The van der Waals surface area contributed by atoms with Crippen molar-refractivity contribution in [3.05, 3.63) is 60.7 Å². The van der Waals surface area contributed by atoms with Gasteiger partial charge in [0, 0.05) is 86.2 Å². The van der Waals surface area contributed by atoms with Gasteiger partial charge in [-0.05, 0) is 53.9 Å². The maximum Gasteiger partial charge on any atom is 0.343 e. The molecule has 5 N–H and O–H groups in total. The number of carbonyl (C=O) groups is 1. The number of nitrogens with one attached hydrogen (secondary N) is 3. The number of benzene rings is 2. The fourth-order valence-corrected chi connectivity index (χ4v) is 17.4. The van der Waals surface area contributed by atoms with E-state index in [1.54, 1.807) is 0 Å². The Balaban J connectivity index is 0.783. The van der Waals surface area contributed by atoms with Crippen LogP contribution in [0.4, 0.5) is 0 Å². The normalized spacial score (nSPS) is 26.9. The Bertz CT molecular complexity index is 1850. The molecule has 62 heavy (non-hydrogen) atoms. The van der Waals surface area contributed by atoms with Crippen LogP contribution in [0.3, 0.4) is 0 Å². The summed E-state index contributed by atoms with van der Waals surface area (Å²) in [5.41, 5.74) is -1.39. The quantitative estimate of drug-likeness (QED) is 0.117. The molecule has 338 valence electrons. The fraction of sp³-hybridized carbons (Fsp3) is 0.644. The lowest BCUT2D eigenvalue weighted by molar-refractivity contribution is -0.141. The van der Waals surface area contributed by atoms with Gasteiger partial charge in [0.25, 0.3) is 8.32 Å². The molecule has 0 amide bonds. The predicted octanol–water partition coefficient (Wildman–Crippen LogP) is 3.54. The number of aliphatic imine (C=N–C) groups is 3. The van der Waals surface area contributed by atoms with E-state index >= 15 is 0 Å². The van der Waals surface area contributed by atoms with Crippen LogP contribution in [0.1, 0.15) is 59.3 Å². The minimum atomic E-state index is -2.62. The Labute approximate surface area is 382 Å². The summed E-state index contributed by atoms with van der Waals surface area (Å²) in [4.78, 5) is 33.6. The third kappa shape index (κ3) is 11.0. The maximum atomic E-state index is 11.0. The number of nitrogens with zero attached hydrogens (tertiary/aromatic N) is 6. The van der Waals surface area contributed by atoms with E-state index in [0.29, 0.717) is 36.5 Å². The first kappa shape index (κ1) is 45.5. The molecule has 6 heterocycles. The van der Waals surface area contributed by atoms with E-state index in [-0.39, 0.29) is 17.1 Å². The topological polar surface area (TPSA) is 150 Å². The Kier molecular flexibility index (Phi) is 15.3. The summed E-state index contributed by atoms with van der Waals surface area (Å²) in [6, 6.07) is 23.5. The van der Waals surface area contributed by atoms with E-state index in [4.69, 9.17) is 24.5 Å². The monoisotopic (exact) mass is 921 g/mol. The van der Waals surface area contributed by atoms with Gasteiger partial charge in [0.2, 0.25) is 0 Å². The summed E-state index contributed by atoms with van der Waals surface area (Å²) in [5.74, 6) is 6.56. The number of aliphatic hydroxyl groups is 1. The molecule has 0 bridgehead atoms. The van der Waals surface area contributed by atoms with E-state index in [2.05, 4.69) is 112 Å². The molecule has 0 saturated carbocycles. The first-order valence-corrected chi connectivity index (χ1v) is 28.0. The van der Waals surface area contributed by atoms with Crippen LogP contribution in [0.25, 0.3) is 0 Å². The third-order valence-electron chi connectivity index (χ3n) is 13.1. The summed E-state index contributed by atoms with van der Waals surface area (Å²) >= 11 is 5.08.